The fourth-order valence-electron chi connectivity index (χ4n) is 4.27. The van der Waals surface area contributed by atoms with Crippen LogP contribution in [0.25, 0.3) is 11.0 Å². The highest BCUT2D eigenvalue weighted by molar-refractivity contribution is 6.04. The number of ether oxygens (including phenoxy) is 1. The highest BCUT2D eigenvalue weighted by Gasteiger charge is 2.34. The van der Waals surface area contributed by atoms with Gasteiger partial charge in [-0.1, -0.05) is 35.0 Å². The molecule has 0 saturated carbocycles. The summed E-state index contributed by atoms with van der Waals surface area (Å²) in [5.41, 5.74) is 3.43. The number of benzene rings is 2. The van der Waals surface area contributed by atoms with Crippen molar-refractivity contribution in [2.24, 2.45) is 5.10 Å². The number of H-pyrrole nitrogens is 2. The van der Waals surface area contributed by atoms with Gasteiger partial charge in [0.05, 0.1) is 18.9 Å². The first-order valence-electron chi connectivity index (χ1n) is 11.0. The molecule has 2 N–H and O–H groups in total. The molecule has 178 valence electrons. The molecule has 3 heterocycles. The maximum Gasteiger partial charge on any atom is 0.292 e. The fraction of sp³-hybridized carbons (Fsp3) is 0.250. The molecule has 0 radical (unpaired) electrons. The molecule has 1 atom stereocenters. The van der Waals surface area contributed by atoms with Gasteiger partial charge in [0, 0.05) is 12.0 Å². The maximum atomic E-state index is 13.5. The minimum Gasteiger partial charge on any atom is -0.497 e. The molecule has 1 aliphatic rings. The Bertz CT molecular complexity index is 1580. The number of carbonyl (C=O) groups is 1. The molecule has 2 aromatic carbocycles. The molecule has 0 unspecified atom stereocenters. The molecule has 0 saturated heterocycles. The third-order valence-electron chi connectivity index (χ3n) is 6.11. The van der Waals surface area contributed by atoms with Gasteiger partial charge in [0.1, 0.15) is 12.3 Å². The molecule has 1 amide bonds. The smallest absolute Gasteiger partial charge is 0.292 e. The third-order valence-corrected chi connectivity index (χ3v) is 6.11. The minimum atomic E-state index is -0.592. The summed E-state index contributed by atoms with van der Waals surface area (Å²) in [7, 11) is 1.59. The highest BCUT2D eigenvalue weighted by atomic mass is 16.5. The zero-order valence-electron chi connectivity index (χ0n) is 19.4. The topological polar surface area (TPSA) is 138 Å². The molecule has 0 bridgehead atoms. The van der Waals surface area contributed by atoms with Crippen molar-refractivity contribution in [3.05, 3.63) is 85.4 Å². The van der Waals surface area contributed by atoms with Crippen LogP contribution in [-0.4, -0.2) is 48.9 Å². The van der Waals surface area contributed by atoms with Gasteiger partial charge in [0.2, 0.25) is 0 Å². The monoisotopic (exact) mass is 473 g/mol. The third kappa shape index (κ3) is 4.01. The lowest BCUT2D eigenvalue weighted by Crippen LogP contribution is -2.31. The second kappa shape index (κ2) is 8.67. The summed E-state index contributed by atoms with van der Waals surface area (Å²) in [5, 5.41) is 18.2. The quantitative estimate of drug-likeness (QED) is 0.453. The highest BCUT2D eigenvalue weighted by Crippen LogP contribution is 2.34. The van der Waals surface area contributed by atoms with Gasteiger partial charge in [-0.2, -0.15) is 5.10 Å². The van der Waals surface area contributed by atoms with E-state index < -0.39 is 17.0 Å². The van der Waals surface area contributed by atoms with Crippen LogP contribution in [0.5, 0.6) is 5.75 Å². The number of aromatic amines is 2. The van der Waals surface area contributed by atoms with Crippen LogP contribution in [0.1, 0.15) is 34.7 Å². The number of carbonyl (C=O) groups excluding carboxylic acids is 1. The Kier molecular flexibility index (Phi) is 5.51. The Morgan fingerprint density at radius 3 is 2.57 bits per heavy atom. The van der Waals surface area contributed by atoms with E-state index in [1.165, 1.54) is 5.01 Å². The number of rotatable bonds is 5. The second-order valence-corrected chi connectivity index (χ2v) is 8.45. The van der Waals surface area contributed by atoms with Gasteiger partial charge in [-0.3, -0.25) is 24.6 Å². The number of nitrogens with one attached hydrogen (secondary N) is 2. The molecule has 0 fully saturated rings. The van der Waals surface area contributed by atoms with E-state index in [0.29, 0.717) is 12.2 Å². The molecular formula is C24H23N7O4. The van der Waals surface area contributed by atoms with Crippen LogP contribution in [-0.2, 0) is 11.3 Å². The van der Waals surface area contributed by atoms with Crippen LogP contribution < -0.4 is 15.9 Å². The molecule has 5 rings (SSSR count). The predicted molar refractivity (Wildman–Crippen MR) is 128 cm³/mol. The summed E-state index contributed by atoms with van der Waals surface area (Å²) < 4.78 is 6.40. The normalized spacial score (nSPS) is 15.5. The molecule has 2 aromatic heterocycles. The van der Waals surface area contributed by atoms with Crippen LogP contribution in [0.4, 0.5) is 0 Å². The lowest BCUT2D eigenvalue weighted by atomic mass is 9.95. The van der Waals surface area contributed by atoms with E-state index in [9.17, 15) is 14.4 Å². The maximum absolute atomic E-state index is 13.5. The number of methoxy groups -OCH3 is 1. The van der Waals surface area contributed by atoms with Crippen LogP contribution in [0.3, 0.4) is 0 Å². The van der Waals surface area contributed by atoms with Crippen LogP contribution in [0.2, 0.25) is 0 Å². The molecule has 1 aliphatic heterocycles. The molecule has 35 heavy (non-hydrogen) atoms. The molecule has 0 spiro atoms. The van der Waals surface area contributed by atoms with E-state index in [1.54, 1.807) is 7.11 Å². The Morgan fingerprint density at radius 1 is 1.09 bits per heavy atom. The number of hydrogen-bond donors (Lipinski definition) is 2. The van der Waals surface area contributed by atoms with Crippen LogP contribution in [0, 0.1) is 13.8 Å². The lowest BCUT2D eigenvalue weighted by Gasteiger charge is -2.22. The summed E-state index contributed by atoms with van der Waals surface area (Å²) in [6.45, 7) is 3.71. The van der Waals surface area contributed by atoms with E-state index in [1.807, 2.05) is 50.2 Å². The minimum absolute atomic E-state index is 0.0685. The zero-order chi connectivity index (χ0) is 24.7. The molecule has 11 heteroatoms. The molecule has 4 aromatic rings. The van der Waals surface area contributed by atoms with Gasteiger partial charge >= 0.3 is 0 Å². The standard InChI is InChI=1S/C24H23N7O4/c1-13-4-5-14(2)17(10-13)18-11-19(15-6-8-16(35-3)9-7-15)31(28-18)20(32)12-30-22-21(25-29-30)23(33)26-27-24(22)34/h4-10,19H,11-12H2,1-3H3,(H,26,33)(H,27,34)/t19-/m1/s1. The lowest BCUT2D eigenvalue weighted by molar-refractivity contribution is -0.133. The van der Waals surface area contributed by atoms with Crippen molar-refractivity contribution in [1.82, 2.24) is 30.2 Å². The zero-order valence-corrected chi connectivity index (χ0v) is 19.4. The summed E-state index contributed by atoms with van der Waals surface area (Å²) in [6, 6.07) is 13.2. The van der Waals surface area contributed by atoms with Gasteiger partial charge in [-0.25, -0.2) is 9.69 Å². The Morgan fingerprint density at radius 2 is 1.83 bits per heavy atom. The largest absolute Gasteiger partial charge is 0.497 e. The molecule has 0 aliphatic carbocycles. The summed E-state index contributed by atoms with van der Waals surface area (Å²) >= 11 is 0. The average molecular weight is 473 g/mol. The van der Waals surface area contributed by atoms with Crippen molar-refractivity contribution in [2.75, 3.05) is 7.11 Å². The number of hydrogen-bond acceptors (Lipinski definition) is 7. The van der Waals surface area contributed by atoms with Gasteiger partial charge in [0.15, 0.2) is 11.0 Å². The first-order valence-corrected chi connectivity index (χ1v) is 11.0. The van der Waals surface area contributed by atoms with Crippen LogP contribution >= 0.6 is 0 Å². The number of nitrogens with zero attached hydrogens (tertiary/aromatic N) is 5. The summed E-state index contributed by atoms with van der Waals surface area (Å²) in [6.07, 6.45) is 0.515. The van der Waals surface area contributed by atoms with Crippen molar-refractivity contribution < 1.29 is 9.53 Å². The van der Waals surface area contributed by atoms with Crippen LogP contribution in [0.15, 0.2) is 57.2 Å². The molecule has 11 nitrogen and oxygen atoms in total. The molecular weight excluding hydrogens is 450 g/mol. The Labute approximate surface area is 199 Å². The van der Waals surface area contributed by atoms with E-state index in [-0.39, 0.29) is 23.6 Å². The summed E-state index contributed by atoms with van der Waals surface area (Å²) in [5.74, 6) is 0.316. The number of amides is 1. The first kappa shape index (κ1) is 22.3. The van der Waals surface area contributed by atoms with Gasteiger partial charge in [0.25, 0.3) is 17.0 Å². The predicted octanol–water partition coefficient (Wildman–Crippen LogP) is 1.81. The van der Waals surface area contributed by atoms with Gasteiger partial charge < -0.3 is 4.74 Å². The second-order valence-electron chi connectivity index (χ2n) is 8.45. The van der Waals surface area contributed by atoms with E-state index in [2.05, 4.69) is 26.6 Å². The van der Waals surface area contributed by atoms with Crippen molar-refractivity contribution in [2.45, 2.75) is 32.9 Å². The van der Waals surface area contributed by atoms with Gasteiger partial charge in [-0.05, 0) is 43.2 Å². The number of aryl methyl sites for hydroxylation is 2. The van der Waals surface area contributed by atoms with E-state index in [0.717, 1.165) is 32.6 Å². The Hall–Kier alpha value is -4.54. The Balaban J connectivity index is 1.54. The van der Waals surface area contributed by atoms with Gasteiger partial charge in [-0.15, -0.1) is 5.10 Å². The van der Waals surface area contributed by atoms with Crippen molar-refractivity contribution in [3.8, 4) is 5.75 Å². The van der Waals surface area contributed by atoms with Crippen molar-refractivity contribution in [1.29, 1.82) is 0 Å². The number of fused-ring (bicyclic) bond motifs is 1. The number of aromatic nitrogens is 5. The summed E-state index contributed by atoms with van der Waals surface area (Å²) in [4.78, 5) is 37.7. The van der Waals surface area contributed by atoms with Crippen molar-refractivity contribution in [3.63, 3.8) is 0 Å². The fourth-order valence-corrected chi connectivity index (χ4v) is 4.27. The SMILES string of the molecule is COc1ccc([C@H]2CC(c3cc(C)ccc3C)=NN2C(=O)Cn2nnc3c(=O)[nH][nH]c(=O)c32)cc1. The van der Waals surface area contributed by atoms with E-state index >= 15 is 0 Å². The first-order chi connectivity index (χ1) is 16.9. The van der Waals surface area contributed by atoms with E-state index in [4.69, 9.17) is 9.84 Å². The average Bonchev–Trinajstić information content (AvgIpc) is 3.49. The van der Waals surface area contributed by atoms with Crippen molar-refractivity contribution >= 4 is 22.7 Å². The number of hydrazone groups is 1.